The molecule has 0 saturated carbocycles. The second-order valence-corrected chi connectivity index (χ2v) is 3.79. The second kappa shape index (κ2) is 5.77. The maximum Gasteiger partial charge on any atom is 0.311 e. The summed E-state index contributed by atoms with van der Waals surface area (Å²) in [6.45, 7) is 0. The quantitative estimate of drug-likeness (QED) is 0.658. The Bertz CT molecular complexity index is 595. The van der Waals surface area contributed by atoms with Crippen LogP contribution in [0.4, 0.5) is 0 Å². The molecule has 0 fully saturated rings. The van der Waals surface area contributed by atoms with Crippen LogP contribution >= 0.6 is 0 Å². The molecule has 19 heavy (non-hydrogen) atoms. The number of hydrogen-bond acceptors (Lipinski definition) is 4. The van der Waals surface area contributed by atoms with Gasteiger partial charge in [-0.1, -0.05) is 18.2 Å². The first-order valence-electron chi connectivity index (χ1n) is 5.59. The average Bonchev–Trinajstić information content (AvgIpc) is 2.39. The van der Waals surface area contributed by atoms with E-state index in [9.17, 15) is 9.59 Å². The largest absolute Gasteiger partial charge is 0.481 e. The number of nitrogens with zero attached hydrogens (tertiary/aromatic N) is 1. The van der Waals surface area contributed by atoms with E-state index in [0.29, 0.717) is 17.2 Å². The fraction of sp³-hybridized carbons (Fsp3) is 0.0714. The van der Waals surface area contributed by atoms with Gasteiger partial charge in [0.2, 0.25) is 5.88 Å². The molecule has 0 amide bonds. The SMILES string of the molecule is O=C(O)CC(=O)c1cccc(Oc2ccccn2)c1. The maximum absolute atomic E-state index is 11.6. The number of hydrogen-bond donors (Lipinski definition) is 1. The molecule has 1 aromatic carbocycles. The average molecular weight is 257 g/mol. The molecule has 0 aliphatic rings. The summed E-state index contributed by atoms with van der Waals surface area (Å²) >= 11 is 0. The van der Waals surface area contributed by atoms with Crippen molar-refractivity contribution in [2.45, 2.75) is 6.42 Å². The number of aromatic nitrogens is 1. The number of pyridine rings is 1. The van der Waals surface area contributed by atoms with E-state index in [2.05, 4.69) is 4.98 Å². The van der Waals surface area contributed by atoms with Crippen molar-refractivity contribution in [3.05, 3.63) is 54.2 Å². The fourth-order valence-electron chi connectivity index (χ4n) is 1.50. The summed E-state index contributed by atoms with van der Waals surface area (Å²) in [5, 5.41) is 8.59. The number of carboxylic acid groups (broad SMARTS) is 1. The number of Topliss-reactive ketones (excluding diaryl/α,β-unsaturated/α-hetero) is 1. The molecule has 0 radical (unpaired) electrons. The topological polar surface area (TPSA) is 76.5 Å². The van der Waals surface area contributed by atoms with Gasteiger partial charge in [-0.3, -0.25) is 9.59 Å². The Hall–Kier alpha value is -2.69. The van der Waals surface area contributed by atoms with Crippen LogP contribution in [0.15, 0.2) is 48.7 Å². The zero-order valence-electron chi connectivity index (χ0n) is 9.95. The molecule has 2 rings (SSSR count). The molecule has 0 saturated heterocycles. The van der Waals surface area contributed by atoms with Crippen LogP contribution in [0.5, 0.6) is 11.6 Å². The van der Waals surface area contributed by atoms with Gasteiger partial charge >= 0.3 is 5.97 Å². The smallest absolute Gasteiger partial charge is 0.311 e. The summed E-state index contributed by atoms with van der Waals surface area (Å²) in [5.41, 5.74) is 0.302. The van der Waals surface area contributed by atoms with Gasteiger partial charge in [-0.05, 0) is 18.2 Å². The van der Waals surface area contributed by atoms with Crippen molar-refractivity contribution >= 4 is 11.8 Å². The second-order valence-electron chi connectivity index (χ2n) is 3.79. The third-order valence-electron chi connectivity index (χ3n) is 2.33. The minimum absolute atomic E-state index is 0.302. The van der Waals surface area contributed by atoms with Crippen LogP contribution in [0.25, 0.3) is 0 Å². The Morgan fingerprint density at radius 2 is 2.00 bits per heavy atom. The number of benzene rings is 1. The highest BCUT2D eigenvalue weighted by Gasteiger charge is 2.11. The first kappa shape index (κ1) is 12.8. The molecule has 0 aliphatic heterocycles. The van der Waals surface area contributed by atoms with Gasteiger partial charge in [0.25, 0.3) is 0 Å². The highest BCUT2D eigenvalue weighted by Crippen LogP contribution is 2.20. The number of carbonyl (C=O) groups is 2. The fourth-order valence-corrected chi connectivity index (χ4v) is 1.50. The van der Waals surface area contributed by atoms with Crippen LogP contribution in [0.1, 0.15) is 16.8 Å². The summed E-state index contributed by atoms with van der Waals surface area (Å²) in [5.74, 6) is -0.764. The van der Waals surface area contributed by atoms with Crippen LogP contribution in [0.2, 0.25) is 0 Å². The van der Waals surface area contributed by atoms with Crippen LogP contribution in [0, 0.1) is 0 Å². The molecule has 1 aromatic heterocycles. The number of aliphatic carboxylic acids is 1. The molecule has 5 heteroatoms. The molecule has 0 bridgehead atoms. The predicted molar refractivity (Wildman–Crippen MR) is 67.3 cm³/mol. The third kappa shape index (κ3) is 3.64. The molecule has 0 spiro atoms. The van der Waals surface area contributed by atoms with Gasteiger partial charge < -0.3 is 9.84 Å². The molecule has 96 valence electrons. The van der Waals surface area contributed by atoms with Crippen molar-refractivity contribution in [3.63, 3.8) is 0 Å². The molecule has 1 N–H and O–H groups in total. The van der Waals surface area contributed by atoms with E-state index in [0.717, 1.165) is 0 Å². The Morgan fingerprint density at radius 3 is 2.68 bits per heavy atom. The van der Waals surface area contributed by atoms with Crippen LogP contribution in [-0.2, 0) is 4.79 Å². The standard InChI is InChI=1S/C14H11NO4/c16-12(9-14(17)18)10-4-3-5-11(8-10)19-13-6-1-2-7-15-13/h1-8H,9H2,(H,17,18). The van der Waals surface area contributed by atoms with Crippen LogP contribution < -0.4 is 4.74 Å². The Balaban J connectivity index is 2.15. The van der Waals surface area contributed by atoms with E-state index in [1.807, 2.05) is 0 Å². The van der Waals surface area contributed by atoms with Crippen molar-refractivity contribution in [3.8, 4) is 11.6 Å². The lowest BCUT2D eigenvalue weighted by Crippen LogP contribution is -2.06. The van der Waals surface area contributed by atoms with Crippen LogP contribution in [-0.4, -0.2) is 21.8 Å². The van der Waals surface area contributed by atoms with Crippen molar-refractivity contribution in [2.75, 3.05) is 0 Å². The summed E-state index contributed by atoms with van der Waals surface area (Å²) in [6, 6.07) is 11.6. The zero-order chi connectivity index (χ0) is 13.7. The van der Waals surface area contributed by atoms with E-state index in [4.69, 9.17) is 9.84 Å². The lowest BCUT2D eigenvalue weighted by atomic mass is 10.1. The summed E-state index contributed by atoms with van der Waals surface area (Å²) in [4.78, 5) is 26.1. The summed E-state index contributed by atoms with van der Waals surface area (Å²) in [6.07, 6.45) is 1.06. The Labute approximate surface area is 109 Å². The van der Waals surface area contributed by atoms with E-state index in [1.165, 1.54) is 6.07 Å². The normalized spacial score (nSPS) is 9.89. The molecule has 1 heterocycles. The Kier molecular flexibility index (Phi) is 3.87. The first-order chi connectivity index (χ1) is 9.15. The summed E-state index contributed by atoms with van der Waals surface area (Å²) in [7, 11) is 0. The lowest BCUT2D eigenvalue weighted by Gasteiger charge is -2.05. The first-order valence-corrected chi connectivity index (χ1v) is 5.59. The number of rotatable bonds is 5. The molecule has 0 atom stereocenters. The van der Waals surface area contributed by atoms with Crippen molar-refractivity contribution in [2.24, 2.45) is 0 Å². The molecule has 2 aromatic rings. The lowest BCUT2D eigenvalue weighted by molar-refractivity contribution is -0.135. The highest BCUT2D eigenvalue weighted by atomic mass is 16.5. The molecule has 0 unspecified atom stereocenters. The van der Waals surface area contributed by atoms with Crippen molar-refractivity contribution in [1.29, 1.82) is 0 Å². The van der Waals surface area contributed by atoms with E-state index in [-0.39, 0.29) is 0 Å². The van der Waals surface area contributed by atoms with Gasteiger partial charge in [-0.15, -0.1) is 0 Å². The van der Waals surface area contributed by atoms with Gasteiger partial charge in [-0.2, -0.15) is 0 Å². The summed E-state index contributed by atoms with van der Waals surface area (Å²) < 4.78 is 5.46. The van der Waals surface area contributed by atoms with Crippen molar-refractivity contribution < 1.29 is 19.4 Å². The van der Waals surface area contributed by atoms with Crippen molar-refractivity contribution in [1.82, 2.24) is 4.98 Å². The van der Waals surface area contributed by atoms with Gasteiger partial charge in [-0.25, -0.2) is 4.98 Å². The number of ether oxygens (including phenoxy) is 1. The molecule has 0 aliphatic carbocycles. The predicted octanol–water partition coefficient (Wildman–Crippen LogP) is 2.53. The molecular formula is C14H11NO4. The van der Waals surface area contributed by atoms with E-state index < -0.39 is 18.2 Å². The van der Waals surface area contributed by atoms with Crippen LogP contribution in [0.3, 0.4) is 0 Å². The molecule has 5 nitrogen and oxygen atoms in total. The minimum Gasteiger partial charge on any atom is -0.481 e. The maximum atomic E-state index is 11.6. The van der Waals surface area contributed by atoms with E-state index in [1.54, 1.807) is 42.6 Å². The van der Waals surface area contributed by atoms with Gasteiger partial charge in [0.15, 0.2) is 5.78 Å². The van der Waals surface area contributed by atoms with Gasteiger partial charge in [0, 0.05) is 17.8 Å². The van der Waals surface area contributed by atoms with Gasteiger partial charge in [0.1, 0.15) is 12.2 Å². The minimum atomic E-state index is -1.15. The van der Waals surface area contributed by atoms with E-state index >= 15 is 0 Å². The monoisotopic (exact) mass is 257 g/mol. The number of carboxylic acids is 1. The Morgan fingerprint density at radius 1 is 1.16 bits per heavy atom. The zero-order valence-corrected chi connectivity index (χ0v) is 9.95. The molecular weight excluding hydrogens is 246 g/mol. The number of ketones is 1. The number of carbonyl (C=O) groups excluding carboxylic acids is 1. The third-order valence-corrected chi connectivity index (χ3v) is 2.33. The highest BCUT2D eigenvalue weighted by molar-refractivity contribution is 6.05. The van der Waals surface area contributed by atoms with Gasteiger partial charge in [0.05, 0.1) is 0 Å².